The maximum absolute atomic E-state index is 10.3. The summed E-state index contributed by atoms with van der Waals surface area (Å²) < 4.78 is 0. The minimum atomic E-state index is -0.696. The van der Waals surface area contributed by atoms with E-state index in [2.05, 4.69) is 19.2 Å². The van der Waals surface area contributed by atoms with E-state index in [1.54, 1.807) is 6.07 Å². The molecule has 0 aromatic heterocycles. The molecule has 1 aromatic carbocycles. The molecule has 0 saturated heterocycles. The fourth-order valence-electron chi connectivity index (χ4n) is 2.22. The molecule has 19 heavy (non-hydrogen) atoms. The first-order valence-electron chi connectivity index (χ1n) is 6.62. The molecular weight excluding hydrogens is 281 g/mol. The lowest BCUT2D eigenvalue weighted by Gasteiger charge is -2.27. The third-order valence-corrected chi connectivity index (χ3v) is 3.82. The highest BCUT2D eigenvalue weighted by molar-refractivity contribution is 6.42. The first-order valence-corrected chi connectivity index (χ1v) is 7.37. The predicted octanol–water partition coefficient (Wildman–Crippen LogP) is 4.44. The summed E-state index contributed by atoms with van der Waals surface area (Å²) in [6.45, 7) is 8.67. The second-order valence-corrected chi connectivity index (χ2v) is 6.69. The first-order chi connectivity index (χ1) is 8.71. The third-order valence-electron chi connectivity index (χ3n) is 3.08. The highest BCUT2D eigenvalue weighted by Crippen LogP contribution is 2.26. The van der Waals surface area contributed by atoms with Crippen molar-refractivity contribution < 1.29 is 5.11 Å². The van der Waals surface area contributed by atoms with Gasteiger partial charge in [-0.3, -0.25) is 0 Å². The summed E-state index contributed by atoms with van der Waals surface area (Å²) in [4.78, 5) is 0. The van der Waals surface area contributed by atoms with E-state index in [1.807, 2.05) is 26.0 Å². The minimum Gasteiger partial charge on any atom is -0.389 e. The van der Waals surface area contributed by atoms with E-state index in [4.69, 9.17) is 23.2 Å². The molecule has 2 unspecified atom stereocenters. The van der Waals surface area contributed by atoms with Gasteiger partial charge in [-0.1, -0.05) is 43.1 Å². The van der Waals surface area contributed by atoms with Crippen LogP contribution in [0.4, 0.5) is 0 Å². The van der Waals surface area contributed by atoms with E-state index in [-0.39, 0.29) is 6.04 Å². The van der Waals surface area contributed by atoms with E-state index in [1.165, 1.54) is 0 Å². The van der Waals surface area contributed by atoms with Crippen molar-refractivity contribution >= 4 is 23.2 Å². The predicted molar refractivity (Wildman–Crippen MR) is 83.0 cm³/mol. The topological polar surface area (TPSA) is 32.3 Å². The van der Waals surface area contributed by atoms with Gasteiger partial charge in [0.05, 0.1) is 15.6 Å². The molecule has 0 radical (unpaired) electrons. The zero-order valence-corrected chi connectivity index (χ0v) is 13.5. The van der Waals surface area contributed by atoms with Crippen molar-refractivity contribution in [2.24, 2.45) is 5.92 Å². The molecule has 0 bridgehead atoms. The number of aliphatic hydroxyl groups is 1. The van der Waals surface area contributed by atoms with Crippen LogP contribution >= 0.6 is 23.2 Å². The van der Waals surface area contributed by atoms with Crippen LogP contribution in [0.2, 0.25) is 10.0 Å². The number of halogens is 2. The van der Waals surface area contributed by atoms with Crippen LogP contribution in [0.25, 0.3) is 0 Å². The molecule has 2 atom stereocenters. The van der Waals surface area contributed by atoms with Crippen LogP contribution < -0.4 is 5.32 Å². The number of rotatable bonds is 6. The van der Waals surface area contributed by atoms with E-state index in [0.717, 1.165) is 12.0 Å². The normalized spacial score (nSPS) is 16.4. The summed E-state index contributed by atoms with van der Waals surface area (Å²) >= 11 is 11.9. The van der Waals surface area contributed by atoms with Crippen molar-refractivity contribution in [3.63, 3.8) is 0 Å². The highest BCUT2D eigenvalue weighted by atomic mass is 35.5. The standard InChI is InChI=1S/C15H23Cl2NO/c1-10(2)8-15(4,19)9-18-11(3)12-5-6-13(16)14(17)7-12/h5-7,10-11,18-19H,8-9H2,1-4H3. The summed E-state index contributed by atoms with van der Waals surface area (Å²) in [7, 11) is 0. The van der Waals surface area contributed by atoms with Crippen molar-refractivity contribution in [3.8, 4) is 0 Å². The van der Waals surface area contributed by atoms with Gasteiger partial charge in [-0.05, 0) is 43.9 Å². The lowest BCUT2D eigenvalue weighted by atomic mass is 9.94. The van der Waals surface area contributed by atoms with Crippen LogP contribution in [-0.2, 0) is 0 Å². The molecule has 0 heterocycles. The van der Waals surface area contributed by atoms with Gasteiger partial charge in [-0.2, -0.15) is 0 Å². The Bertz CT molecular complexity index is 419. The number of benzene rings is 1. The second-order valence-electron chi connectivity index (χ2n) is 5.87. The van der Waals surface area contributed by atoms with Crippen LogP contribution in [0.1, 0.15) is 45.7 Å². The number of hydrogen-bond donors (Lipinski definition) is 2. The van der Waals surface area contributed by atoms with Crippen molar-refractivity contribution in [1.82, 2.24) is 5.32 Å². The van der Waals surface area contributed by atoms with Gasteiger partial charge in [0.2, 0.25) is 0 Å². The maximum atomic E-state index is 10.3. The number of hydrogen-bond acceptors (Lipinski definition) is 2. The van der Waals surface area contributed by atoms with Crippen LogP contribution in [0.5, 0.6) is 0 Å². The molecule has 0 spiro atoms. The first kappa shape index (κ1) is 16.8. The van der Waals surface area contributed by atoms with E-state index in [0.29, 0.717) is 22.5 Å². The van der Waals surface area contributed by atoms with Crippen LogP contribution in [0.3, 0.4) is 0 Å². The Morgan fingerprint density at radius 2 is 1.84 bits per heavy atom. The van der Waals surface area contributed by atoms with Gasteiger partial charge < -0.3 is 10.4 Å². The maximum Gasteiger partial charge on any atom is 0.0746 e. The summed E-state index contributed by atoms with van der Waals surface area (Å²) in [5.74, 6) is 0.470. The van der Waals surface area contributed by atoms with Gasteiger partial charge in [-0.25, -0.2) is 0 Å². The molecule has 2 N–H and O–H groups in total. The van der Waals surface area contributed by atoms with Gasteiger partial charge in [0.25, 0.3) is 0 Å². The molecular formula is C15H23Cl2NO. The molecule has 0 aliphatic heterocycles. The summed E-state index contributed by atoms with van der Waals surface area (Å²) in [5.41, 5.74) is 0.369. The van der Waals surface area contributed by atoms with E-state index >= 15 is 0 Å². The van der Waals surface area contributed by atoms with Crippen LogP contribution in [-0.4, -0.2) is 17.3 Å². The Labute approximate surface area is 126 Å². The Balaban J connectivity index is 2.59. The zero-order valence-electron chi connectivity index (χ0n) is 12.0. The van der Waals surface area contributed by atoms with Gasteiger partial charge in [-0.15, -0.1) is 0 Å². The van der Waals surface area contributed by atoms with Crippen molar-refractivity contribution in [3.05, 3.63) is 33.8 Å². The Morgan fingerprint density at radius 1 is 1.21 bits per heavy atom. The van der Waals surface area contributed by atoms with E-state index in [9.17, 15) is 5.11 Å². The Morgan fingerprint density at radius 3 is 2.37 bits per heavy atom. The molecule has 4 heteroatoms. The quantitative estimate of drug-likeness (QED) is 0.814. The average Bonchev–Trinajstić information content (AvgIpc) is 2.28. The lowest BCUT2D eigenvalue weighted by molar-refractivity contribution is 0.0363. The average molecular weight is 304 g/mol. The zero-order chi connectivity index (χ0) is 14.6. The fraction of sp³-hybridized carbons (Fsp3) is 0.600. The largest absolute Gasteiger partial charge is 0.389 e. The highest BCUT2D eigenvalue weighted by Gasteiger charge is 2.22. The fourth-order valence-corrected chi connectivity index (χ4v) is 2.53. The monoisotopic (exact) mass is 303 g/mol. The molecule has 0 aliphatic rings. The Kier molecular flexibility index (Phi) is 6.13. The van der Waals surface area contributed by atoms with E-state index < -0.39 is 5.60 Å². The van der Waals surface area contributed by atoms with Gasteiger partial charge in [0.1, 0.15) is 0 Å². The molecule has 0 fully saturated rings. The van der Waals surface area contributed by atoms with Gasteiger partial charge in [0, 0.05) is 12.6 Å². The summed E-state index contributed by atoms with van der Waals surface area (Å²) in [6.07, 6.45) is 0.772. The third kappa shape index (κ3) is 5.70. The summed E-state index contributed by atoms with van der Waals surface area (Å²) in [6, 6.07) is 5.72. The number of nitrogens with one attached hydrogen (secondary N) is 1. The molecule has 1 aromatic rings. The minimum absolute atomic E-state index is 0.119. The second kappa shape index (κ2) is 6.94. The lowest BCUT2D eigenvalue weighted by Crippen LogP contribution is -2.39. The summed E-state index contributed by atoms with van der Waals surface area (Å²) in [5, 5.41) is 14.7. The Hall–Kier alpha value is -0.280. The molecule has 0 saturated carbocycles. The van der Waals surface area contributed by atoms with Crippen molar-refractivity contribution in [1.29, 1.82) is 0 Å². The van der Waals surface area contributed by atoms with Crippen molar-refractivity contribution in [2.45, 2.75) is 45.8 Å². The van der Waals surface area contributed by atoms with Gasteiger partial charge >= 0.3 is 0 Å². The molecule has 0 amide bonds. The molecule has 2 nitrogen and oxygen atoms in total. The van der Waals surface area contributed by atoms with Crippen molar-refractivity contribution in [2.75, 3.05) is 6.54 Å². The SMILES string of the molecule is CC(C)CC(C)(O)CNC(C)c1ccc(Cl)c(Cl)c1. The smallest absolute Gasteiger partial charge is 0.0746 e. The van der Waals surface area contributed by atoms with Crippen LogP contribution in [0.15, 0.2) is 18.2 Å². The van der Waals surface area contributed by atoms with Gasteiger partial charge in [0.15, 0.2) is 0 Å². The molecule has 0 aliphatic carbocycles. The molecule has 1 rings (SSSR count). The molecule has 108 valence electrons. The van der Waals surface area contributed by atoms with Crippen LogP contribution in [0, 0.1) is 5.92 Å².